The summed E-state index contributed by atoms with van der Waals surface area (Å²) in [6, 6.07) is 10.8. The van der Waals surface area contributed by atoms with Crippen LogP contribution in [0.4, 0.5) is 0 Å². The number of benzene rings is 1. The summed E-state index contributed by atoms with van der Waals surface area (Å²) in [7, 11) is 2.18. The van der Waals surface area contributed by atoms with Crippen molar-refractivity contribution in [1.29, 1.82) is 0 Å². The van der Waals surface area contributed by atoms with Crippen molar-refractivity contribution in [1.82, 2.24) is 19.8 Å². The van der Waals surface area contributed by atoms with Crippen molar-refractivity contribution in [2.75, 3.05) is 33.2 Å². The fourth-order valence-electron chi connectivity index (χ4n) is 4.19. The minimum atomic E-state index is 0.281. The number of piperazine rings is 1. The molecule has 1 aliphatic carbocycles. The molecule has 2 fully saturated rings. The Morgan fingerprint density at radius 2 is 1.80 bits per heavy atom. The Hall–Kier alpha value is -2.63. The molecule has 1 saturated carbocycles. The molecule has 5 nitrogen and oxygen atoms in total. The number of ketones is 1. The second-order valence-corrected chi connectivity index (χ2v) is 8.82. The zero-order valence-electron chi connectivity index (χ0n) is 17.6. The lowest BCUT2D eigenvalue weighted by atomic mass is 10.0. The van der Waals surface area contributed by atoms with Gasteiger partial charge in [-0.05, 0) is 54.6 Å². The number of Topliss-reactive ketones (excluding diaryl/α,β-unsaturated/α-hetero) is 1. The molecule has 1 aromatic carbocycles. The first-order chi connectivity index (χ1) is 14.6. The van der Waals surface area contributed by atoms with Gasteiger partial charge in [-0.2, -0.15) is 0 Å². The van der Waals surface area contributed by atoms with Crippen molar-refractivity contribution in [3.05, 3.63) is 60.2 Å². The molecule has 5 rings (SSSR count). The summed E-state index contributed by atoms with van der Waals surface area (Å²) in [5, 5.41) is 2.23. The Morgan fingerprint density at radius 3 is 2.60 bits per heavy atom. The first-order valence-corrected chi connectivity index (χ1v) is 10.9. The van der Waals surface area contributed by atoms with Gasteiger partial charge in [-0.15, -0.1) is 0 Å². The van der Waals surface area contributed by atoms with Gasteiger partial charge in [-0.3, -0.25) is 19.7 Å². The van der Waals surface area contributed by atoms with Crippen LogP contribution in [0.3, 0.4) is 0 Å². The molecule has 0 amide bonds. The topological polar surface area (TPSA) is 49.3 Å². The number of rotatable bonds is 6. The molecule has 2 aliphatic rings. The van der Waals surface area contributed by atoms with E-state index in [0.717, 1.165) is 73.2 Å². The second-order valence-electron chi connectivity index (χ2n) is 8.82. The highest BCUT2D eigenvalue weighted by Crippen LogP contribution is 2.31. The van der Waals surface area contributed by atoms with E-state index in [1.54, 1.807) is 0 Å². The highest BCUT2D eigenvalue weighted by molar-refractivity contribution is 5.89. The summed E-state index contributed by atoms with van der Waals surface area (Å²) >= 11 is 0. The van der Waals surface area contributed by atoms with E-state index >= 15 is 0 Å². The van der Waals surface area contributed by atoms with E-state index in [9.17, 15) is 4.79 Å². The van der Waals surface area contributed by atoms with Crippen LogP contribution in [0.15, 0.2) is 48.9 Å². The quantitative estimate of drug-likeness (QED) is 0.633. The number of pyridine rings is 2. The Morgan fingerprint density at radius 1 is 0.967 bits per heavy atom. The van der Waals surface area contributed by atoms with Crippen LogP contribution in [0.2, 0.25) is 0 Å². The summed E-state index contributed by atoms with van der Waals surface area (Å²) < 4.78 is 0. The molecule has 154 valence electrons. The smallest absolute Gasteiger partial charge is 0.141 e. The molecule has 0 atom stereocenters. The highest BCUT2D eigenvalue weighted by atomic mass is 16.1. The van der Waals surface area contributed by atoms with Crippen LogP contribution < -0.4 is 0 Å². The summed E-state index contributed by atoms with van der Waals surface area (Å²) in [5.41, 5.74) is 4.41. The second kappa shape index (κ2) is 8.25. The minimum Gasteiger partial charge on any atom is -0.304 e. The van der Waals surface area contributed by atoms with Crippen molar-refractivity contribution >= 4 is 16.6 Å². The zero-order chi connectivity index (χ0) is 20.5. The average molecular weight is 401 g/mol. The van der Waals surface area contributed by atoms with E-state index < -0.39 is 0 Å². The minimum absolute atomic E-state index is 0.281. The van der Waals surface area contributed by atoms with Gasteiger partial charge in [0.25, 0.3) is 0 Å². The monoisotopic (exact) mass is 400 g/mol. The lowest BCUT2D eigenvalue weighted by molar-refractivity contribution is -0.119. The molecule has 5 heteroatoms. The van der Waals surface area contributed by atoms with Crippen LogP contribution in [-0.2, 0) is 17.8 Å². The number of hydrogen-bond donors (Lipinski definition) is 0. The lowest BCUT2D eigenvalue weighted by Gasteiger charge is -2.32. The van der Waals surface area contributed by atoms with Gasteiger partial charge in [0.05, 0.1) is 0 Å². The summed E-state index contributed by atoms with van der Waals surface area (Å²) in [5.74, 6) is 0.613. The van der Waals surface area contributed by atoms with E-state index in [0.29, 0.717) is 12.2 Å². The summed E-state index contributed by atoms with van der Waals surface area (Å²) in [6.07, 6.45) is 8.35. The van der Waals surface area contributed by atoms with Crippen LogP contribution in [0.5, 0.6) is 0 Å². The number of aromatic nitrogens is 2. The third kappa shape index (κ3) is 4.42. The standard InChI is InChI=1S/C25H28N4O/c1-28-6-8-29(9-7-28)17-18-10-23(15-26-14-18)20-4-5-21-16-27-24(12-22(21)11-20)13-25(30)19-2-3-19/h4-5,10-12,14-16,19H,2-3,6-9,13,17H2,1H3. The molecular formula is C25H28N4O. The van der Waals surface area contributed by atoms with Crippen molar-refractivity contribution < 1.29 is 4.79 Å². The van der Waals surface area contributed by atoms with Gasteiger partial charge >= 0.3 is 0 Å². The third-order valence-electron chi connectivity index (χ3n) is 6.30. The van der Waals surface area contributed by atoms with Gasteiger partial charge in [0.2, 0.25) is 0 Å². The van der Waals surface area contributed by atoms with Gasteiger partial charge in [0.15, 0.2) is 0 Å². The molecule has 1 saturated heterocycles. The molecule has 3 heterocycles. The van der Waals surface area contributed by atoms with Crippen LogP contribution in [0.25, 0.3) is 21.9 Å². The van der Waals surface area contributed by atoms with Gasteiger partial charge in [0, 0.05) is 80.3 Å². The van der Waals surface area contributed by atoms with E-state index in [-0.39, 0.29) is 5.92 Å². The SMILES string of the molecule is CN1CCN(Cc2cncc(-c3ccc4cnc(CC(=O)C5CC5)cc4c3)c2)CC1. The number of carbonyl (C=O) groups excluding carboxylic acids is 1. The van der Waals surface area contributed by atoms with E-state index in [2.05, 4.69) is 57.1 Å². The predicted molar refractivity (Wildman–Crippen MR) is 119 cm³/mol. The number of hydrogen-bond acceptors (Lipinski definition) is 5. The van der Waals surface area contributed by atoms with Crippen LogP contribution >= 0.6 is 0 Å². The Kier molecular flexibility index (Phi) is 5.32. The van der Waals surface area contributed by atoms with E-state index in [1.807, 2.05) is 18.6 Å². The van der Waals surface area contributed by atoms with Crippen molar-refractivity contribution in [3.63, 3.8) is 0 Å². The number of fused-ring (bicyclic) bond motifs is 1. The number of likely N-dealkylation sites (N-methyl/N-ethyl adjacent to an activating group) is 1. The lowest BCUT2D eigenvalue weighted by Crippen LogP contribution is -2.43. The predicted octanol–water partition coefficient (Wildman–Crippen LogP) is 3.57. The molecule has 0 N–H and O–H groups in total. The van der Waals surface area contributed by atoms with E-state index in [4.69, 9.17) is 0 Å². The molecule has 1 aliphatic heterocycles. The van der Waals surface area contributed by atoms with Gasteiger partial charge in [0.1, 0.15) is 5.78 Å². The maximum atomic E-state index is 12.2. The fraction of sp³-hybridized carbons (Fsp3) is 0.400. The van der Waals surface area contributed by atoms with Gasteiger partial charge < -0.3 is 4.90 Å². The number of nitrogens with zero attached hydrogens (tertiary/aromatic N) is 4. The maximum Gasteiger partial charge on any atom is 0.141 e. The molecule has 0 radical (unpaired) electrons. The Bertz CT molecular complexity index is 1070. The van der Waals surface area contributed by atoms with Crippen molar-refractivity contribution in [2.45, 2.75) is 25.8 Å². The van der Waals surface area contributed by atoms with Crippen molar-refractivity contribution in [3.8, 4) is 11.1 Å². The maximum absolute atomic E-state index is 12.2. The molecule has 0 bridgehead atoms. The molecule has 0 spiro atoms. The molecular weight excluding hydrogens is 372 g/mol. The molecule has 0 unspecified atom stereocenters. The average Bonchev–Trinajstić information content (AvgIpc) is 3.61. The van der Waals surface area contributed by atoms with E-state index in [1.165, 1.54) is 5.56 Å². The highest BCUT2D eigenvalue weighted by Gasteiger charge is 2.29. The van der Waals surface area contributed by atoms with Gasteiger partial charge in [-0.1, -0.05) is 12.1 Å². The molecule has 30 heavy (non-hydrogen) atoms. The van der Waals surface area contributed by atoms with Gasteiger partial charge in [-0.25, -0.2) is 0 Å². The summed E-state index contributed by atoms with van der Waals surface area (Å²) in [6.45, 7) is 5.40. The van der Waals surface area contributed by atoms with Crippen LogP contribution in [0.1, 0.15) is 24.1 Å². The summed E-state index contributed by atoms with van der Waals surface area (Å²) in [4.78, 5) is 26.0. The normalized spacial score (nSPS) is 18.0. The molecule has 2 aromatic heterocycles. The Balaban J connectivity index is 1.36. The third-order valence-corrected chi connectivity index (χ3v) is 6.30. The van der Waals surface area contributed by atoms with Crippen molar-refractivity contribution in [2.24, 2.45) is 5.92 Å². The first-order valence-electron chi connectivity index (χ1n) is 10.9. The molecule has 3 aromatic rings. The van der Waals surface area contributed by atoms with Crippen LogP contribution in [0, 0.1) is 5.92 Å². The first kappa shape index (κ1) is 19.3. The van der Waals surface area contributed by atoms with Crippen LogP contribution in [-0.4, -0.2) is 58.8 Å². The zero-order valence-corrected chi connectivity index (χ0v) is 17.6. The largest absolute Gasteiger partial charge is 0.304 e. The Labute approximate surface area is 177 Å². The fourth-order valence-corrected chi connectivity index (χ4v) is 4.19. The number of carbonyl (C=O) groups is 1.